The van der Waals surface area contributed by atoms with Crippen LogP contribution in [0, 0.1) is 11.3 Å². The number of hydrogen-bond acceptors (Lipinski definition) is 3. The van der Waals surface area contributed by atoms with Gasteiger partial charge in [0.05, 0.1) is 6.07 Å². The van der Waals surface area contributed by atoms with E-state index in [-0.39, 0.29) is 11.4 Å². The van der Waals surface area contributed by atoms with E-state index in [0.717, 1.165) is 39.0 Å². The first kappa shape index (κ1) is 9.47. The number of hydrogen-bond donors (Lipinski definition) is 0. The standard InChI is InChI=1S/C10H15N3O/c1-9(14)12-4-6-13(7-5-12)10(8-11)2-3-10/h2-7H2,1H3. The van der Waals surface area contributed by atoms with Crippen LogP contribution >= 0.6 is 0 Å². The number of piperazine rings is 1. The van der Waals surface area contributed by atoms with Crippen molar-refractivity contribution in [2.24, 2.45) is 0 Å². The van der Waals surface area contributed by atoms with Crippen LogP contribution in [0.4, 0.5) is 0 Å². The molecule has 0 atom stereocenters. The normalized spacial score (nSPS) is 25.6. The first-order chi connectivity index (χ1) is 6.68. The molecule has 1 aliphatic carbocycles. The lowest BCUT2D eigenvalue weighted by Crippen LogP contribution is -2.52. The largest absolute Gasteiger partial charge is 0.340 e. The average Bonchev–Trinajstić information content (AvgIpc) is 2.99. The molecule has 1 amide bonds. The topological polar surface area (TPSA) is 47.3 Å². The van der Waals surface area contributed by atoms with E-state index in [0.29, 0.717) is 0 Å². The van der Waals surface area contributed by atoms with Gasteiger partial charge in [-0.1, -0.05) is 0 Å². The number of carbonyl (C=O) groups excluding carboxylic acids is 1. The molecule has 1 saturated heterocycles. The van der Waals surface area contributed by atoms with E-state index in [2.05, 4.69) is 11.0 Å². The molecule has 0 bridgehead atoms. The molecule has 0 N–H and O–H groups in total. The summed E-state index contributed by atoms with van der Waals surface area (Å²) >= 11 is 0. The Bertz CT molecular complexity index is 282. The molecule has 14 heavy (non-hydrogen) atoms. The maximum Gasteiger partial charge on any atom is 0.219 e. The van der Waals surface area contributed by atoms with Crippen molar-refractivity contribution in [3.63, 3.8) is 0 Å². The zero-order chi connectivity index (χ0) is 10.2. The van der Waals surface area contributed by atoms with E-state index in [1.807, 2.05) is 4.90 Å². The summed E-state index contributed by atoms with van der Waals surface area (Å²) in [6, 6.07) is 2.39. The molecule has 0 unspecified atom stereocenters. The highest BCUT2D eigenvalue weighted by molar-refractivity contribution is 5.73. The third-order valence-electron chi connectivity index (χ3n) is 3.26. The molecule has 0 aromatic carbocycles. The molecule has 4 heteroatoms. The number of rotatable bonds is 1. The Morgan fingerprint density at radius 3 is 2.21 bits per heavy atom. The third-order valence-corrected chi connectivity index (χ3v) is 3.26. The second kappa shape index (κ2) is 3.25. The smallest absolute Gasteiger partial charge is 0.219 e. The summed E-state index contributed by atoms with van der Waals surface area (Å²) in [5.41, 5.74) is -0.164. The minimum Gasteiger partial charge on any atom is -0.340 e. The Morgan fingerprint density at radius 2 is 1.86 bits per heavy atom. The number of amides is 1. The molecule has 1 saturated carbocycles. The van der Waals surface area contributed by atoms with Gasteiger partial charge in [-0.15, -0.1) is 0 Å². The lowest BCUT2D eigenvalue weighted by molar-refractivity contribution is -0.130. The van der Waals surface area contributed by atoms with Gasteiger partial charge in [-0.2, -0.15) is 5.26 Å². The third kappa shape index (κ3) is 1.48. The van der Waals surface area contributed by atoms with Gasteiger partial charge in [-0.3, -0.25) is 9.69 Å². The van der Waals surface area contributed by atoms with Gasteiger partial charge in [0, 0.05) is 33.1 Å². The summed E-state index contributed by atoms with van der Waals surface area (Å²) in [7, 11) is 0. The lowest BCUT2D eigenvalue weighted by Gasteiger charge is -2.36. The average molecular weight is 193 g/mol. The highest BCUT2D eigenvalue weighted by Gasteiger charge is 2.49. The van der Waals surface area contributed by atoms with Crippen LogP contribution in [-0.2, 0) is 4.79 Å². The van der Waals surface area contributed by atoms with E-state index in [9.17, 15) is 4.79 Å². The van der Waals surface area contributed by atoms with Gasteiger partial charge in [-0.25, -0.2) is 0 Å². The Kier molecular flexibility index (Phi) is 2.20. The minimum atomic E-state index is -0.164. The van der Waals surface area contributed by atoms with Crippen molar-refractivity contribution in [1.29, 1.82) is 5.26 Å². The molecular formula is C10H15N3O. The van der Waals surface area contributed by atoms with Crippen molar-refractivity contribution >= 4 is 5.91 Å². The van der Waals surface area contributed by atoms with Crippen molar-refractivity contribution in [2.75, 3.05) is 26.2 Å². The van der Waals surface area contributed by atoms with Gasteiger partial charge in [0.25, 0.3) is 0 Å². The first-order valence-electron chi connectivity index (χ1n) is 5.10. The highest BCUT2D eigenvalue weighted by atomic mass is 16.2. The van der Waals surface area contributed by atoms with E-state index in [1.165, 1.54) is 0 Å². The Morgan fingerprint density at radius 1 is 1.29 bits per heavy atom. The van der Waals surface area contributed by atoms with Crippen LogP contribution in [0.5, 0.6) is 0 Å². The Balaban J connectivity index is 1.91. The van der Waals surface area contributed by atoms with Crippen LogP contribution in [0.15, 0.2) is 0 Å². The van der Waals surface area contributed by atoms with Crippen LogP contribution in [0.3, 0.4) is 0 Å². The molecule has 2 fully saturated rings. The molecule has 0 aromatic rings. The quantitative estimate of drug-likeness (QED) is 0.598. The predicted molar refractivity (Wildman–Crippen MR) is 51.4 cm³/mol. The van der Waals surface area contributed by atoms with E-state index in [1.54, 1.807) is 6.92 Å². The van der Waals surface area contributed by atoms with Crippen molar-refractivity contribution in [3.05, 3.63) is 0 Å². The van der Waals surface area contributed by atoms with Gasteiger partial charge in [0.2, 0.25) is 5.91 Å². The Labute approximate surface area is 84.1 Å². The van der Waals surface area contributed by atoms with Crippen LogP contribution in [0.2, 0.25) is 0 Å². The van der Waals surface area contributed by atoms with Crippen molar-refractivity contribution in [3.8, 4) is 6.07 Å². The van der Waals surface area contributed by atoms with Gasteiger partial charge in [0.1, 0.15) is 5.54 Å². The summed E-state index contributed by atoms with van der Waals surface area (Å²) in [5, 5.41) is 9.01. The van der Waals surface area contributed by atoms with E-state index >= 15 is 0 Å². The molecule has 1 heterocycles. The monoisotopic (exact) mass is 193 g/mol. The highest BCUT2D eigenvalue weighted by Crippen LogP contribution is 2.41. The van der Waals surface area contributed by atoms with E-state index < -0.39 is 0 Å². The molecular weight excluding hydrogens is 178 g/mol. The molecule has 2 rings (SSSR count). The summed E-state index contributed by atoms with van der Waals surface area (Å²) in [6.07, 6.45) is 2.01. The summed E-state index contributed by atoms with van der Waals surface area (Å²) in [5.74, 6) is 0.145. The minimum absolute atomic E-state index is 0.145. The zero-order valence-electron chi connectivity index (χ0n) is 8.49. The maximum atomic E-state index is 11.1. The van der Waals surface area contributed by atoms with Gasteiger partial charge in [-0.05, 0) is 12.8 Å². The van der Waals surface area contributed by atoms with Crippen molar-refractivity contribution in [2.45, 2.75) is 25.3 Å². The van der Waals surface area contributed by atoms with Crippen LogP contribution in [0.25, 0.3) is 0 Å². The fraction of sp³-hybridized carbons (Fsp3) is 0.800. The molecule has 0 aromatic heterocycles. The second-order valence-corrected chi connectivity index (χ2v) is 4.14. The van der Waals surface area contributed by atoms with Gasteiger partial charge in [0.15, 0.2) is 0 Å². The molecule has 1 aliphatic heterocycles. The molecule has 4 nitrogen and oxygen atoms in total. The summed E-state index contributed by atoms with van der Waals surface area (Å²) < 4.78 is 0. The number of nitrogens with zero attached hydrogens (tertiary/aromatic N) is 3. The van der Waals surface area contributed by atoms with Gasteiger partial charge >= 0.3 is 0 Å². The Hall–Kier alpha value is -1.08. The molecule has 0 spiro atoms. The first-order valence-corrected chi connectivity index (χ1v) is 5.10. The van der Waals surface area contributed by atoms with Crippen molar-refractivity contribution in [1.82, 2.24) is 9.80 Å². The van der Waals surface area contributed by atoms with Gasteiger partial charge < -0.3 is 4.90 Å². The molecule has 76 valence electrons. The number of nitriles is 1. The summed E-state index contributed by atoms with van der Waals surface area (Å²) in [4.78, 5) is 15.2. The number of carbonyl (C=O) groups is 1. The van der Waals surface area contributed by atoms with Crippen LogP contribution in [0.1, 0.15) is 19.8 Å². The predicted octanol–water partition coefficient (Wildman–Crippen LogP) is 0.207. The van der Waals surface area contributed by atoms with Crippen LogP contribution < -0.4 is 0 Å². The maximum absolute atomic E-state index is 11.1. The SMILES string of the molecule is CC(=O)N1CCN(C2(C#N)CC2)CC1. The lowest BCUT2D eigenvalue weighted by atomic mass is 10.2. The fourth-order valence-corrected chi connectivity index (χ4v) is 2.07. The molecule has 0 radical (unpaired) electrons. The second-order valence-electron chi connectivity index (χ2n) is 4.14. The van der Waals surface area contributed by atoms with Crippen LogP contribution in [-0.4, -0.2) is 47.4 Å². The molecule has 2 aliphatic rings. The van der Waals surface area contributed by atoms with E-state index in [4.69, 9.17) is 5.26 Å². The fourth-order valence-electron chi connectivity index (χ4n) is 2.07. The zero-order valence-corrected chi connectivity index (χ0v) is 8.49. The summed E-state index contributed by atoms with van der Waals surface area (Å²) in [6.45, 7) is 4.87. The van der Waals surface area contributed by atoms with Crippen molar-refractivity contribution < 1.29 is 4.79 Å².